The maximum atomic E-state index is 13.0. The minimum absolute atomic E-state index is 0.0203. The number of rotatable bonds is 7. The number of aliphatic carboxylic acids is 1. The van der Waals surface area contributed by atoms with E-state index in [9.17, 15) is 14.4 Å². The van der Waals surface area contributed by atoms with E-state index in [1.165, 1.54) is 7.05 Å². The number of alkyl carbamates (subject to hydrolysis) is 1. The monoisotopic (exact) mass is 452 g/mol. The van der Waals surface area contributed by atoms with Crippen LogP contribution in [0.15, 0.2) is 48.5 Å². The Bertz CT molecular complexity index is 1000. The number of carboxylic acid groups (broad SMARTS) is 1. The van der Waals surface area contributed by atoms with Crippen LogP contribution in [0, 0.1) is 5.41 Å². The van der Waals surface area contributed by atoms with Crippen molar-refractivity contribution in [1.82, 2.24) is 10.2 Å². The van der Waals surface area contributed by atoms with Gasteiger partial charge in [0.25, 0.3) is 0 Å². The summed E-state index contributed by atoms with van der Waals surface area (Å²) in [4.78, 5) is 37.8. The summed E-state index contributed by atoms with van der Waals surface area (Å²) in [6.45, 7) is 0.441. The number of nitrogens with one attached hydrogen (secondary N) is 1. The minimum Gasteiger partial charge on any atom is -0.480 e. The van der Waals surface area contributed by atoms with E-state index in [0.717, 1.165) is 27.2 Å². The van der Waals surface area contributed by atoms with Crippen LogP contribution in [0.5, 0.6) is 0 Å². The quantitative estimate of drug-likeness (QED) is 0.669. The number of fused-ring (bicyclic) bond motifs is 3. The molecule has 33 heavy (non-hydrogen) atoms. The summed E-state index contributed by atoms with van der Waals surface area (Å²) < 4.78 is 11.1. The van der Waals surface area contributed by atoms with Crippen molar-refractivity contribution in [2.24, 2.45) is 5.41 Å². The first-order valence-corrected chi connectivity index (χ1v) is 11.1. The molecule has 1 aliphatic heterocycles. The third-order valence-corrected chi connectivity index (χ3v) is 6.41. The Kier molecular flexibility index (Phi) is 6.65. The molecule has 174 valence electrons. The largest absolute Gasteiger partial charge is 0.480 e. The molecule has 2 amide bonds. The molecule has 2 aromatic carbocycles. The number of nitrogens with zero attached hydrogens (tertiary/aromatic N) is 1. The van der Waals surface area contributed by atoms with Gasteiger partial charge in [0.2, 0.25) is 5.91 Å². The highest BCUT2D eigenvalue weighted by Gasteiger charge is 2.43. The Hall–Kier alpha value is -3.39. The Labute approximate surface area is 192 Å². The molecule has 0 aromatic heterocycles. The smallest absolute Gasteiger partial charge is 0.407 e. The molecule has 1 atom stereocenters. The van der Waals surface area contributed by atoms with Crippen LogP contribution in [-0.4, -0.2) is 67.9 Å². The number of amides is 2. The molecule has 2 aromatic rings. The highest BCUT2D eigenvalue weighted by molar-refractivity contribution is 5.86. The van der Waals surface area contributed by atoms with Crippen molar-refractivity contribution in [1.29, 1.82) is 0 Å². The van der Waals surface area contributed by atoms with Gasteiger partial charge in [0.15, 0.2) is 0 Å². The second-order valence-corrected chi connectivity index (χ2v) is 8.67. The van der Waals surface area contributed by atoms with Crippen molar-refractivity contribution in [3.8, 4) is 11.1 Å². The topological polar surface area (TPSA) is 105 Å². The van der Waals surface area contributed by atoms with E-state index < -0.39 is 24.0 Å². The predicted molar refractivity (Wildman–Crippen MR) is 121 cm³/mol. The van der Waals surface area contributed by atoms with Crippen molar-refractivity contribution in [3.05, 3.63) is 59.7 Å². The Morgan fingerprint density at radius 2 is 1.76 bits per heavy atom. The van der Waals surface area contributed by atoms with Crippen LogP contribution in [0.2, 0.25) is 0 Å². The van der Waals surface area contributed by atoms with E-state index in [4.69, 9.17) is 14.6 Å². The average molecular weight is 453 g/mol. The number of carbonyl (C=O) groups is 3. The van der Waals surface area contributed by atoms with Gasteiger partial charge in [0.1, 0.15) is 13.2 Å². The van der Waals surface area contributed by atoms with Crippen molar-refractivity contribution in [2.45, 2.75) is 18.8 Å². The van der Waals surface area contributed by atoms with Crippen molar-refractivity contribution < 1.29 is 29.0 Å². The maximum absolute atomic E-state index is 13.0. The van der Waals surface area contributed by atoms with Crippen LogP contribution in [0.25, 0.3) is 11.1 Å². The average Bonchev–Trinajstić information content (AvgIpc) is 3.15. The summed E-state index contributed by atoms with van der Waals surface area (Å²) >= 11 is 0. The normalized spacial score (nSPS) is 19.3. The molecule has 1 unspecified atom stereocenters. The first-order chi connectivity index (χ1) is 15.9. The molecule has 0 radical (unpaired) electrons. The Balaban J connectivity index is 1.40. The Morgan fingerprint density at radius 3 is 2.33 bits per heavy atom. The first-order valence-electron chi connectivity index (χ1n) is 11.1. The zero-order valence-corrected chi connectivity index (χ0v) is 18.6. The fraction of sp³-hybridized carbons (Fsp3) is 0.400. The zero-order valence-electron chi connectivity index (χ0n) is 18.6. The number of ether oxygens (including phenoxy) is 2. The molecule has 0 bridgehead atoms. The third-order valence-electron chi connectivity index (χ3n) is 6.41. The minimum atomic E-state index is -1.10. The number of benzene rings is 2. The maximum Gasteiger partial charge on any atom is 0.407 e. The van der Waals surface area contributed by atoms with Gasteiger partial charge in [0.05, 0.1) is 12.0 Å². The number of carbonyl (C=O) groups excluding carboxylic acids is 2. The van der Waals surface area contributed by atoms with Crippen LogP contribution in [0.1, 0.15) is 29.9 Å². The van der Waals surface area contributed by atoms with Crippen LogP contribution in [0.3, 0.4) is 0 Å². The standard InChI is InChI=1S/C25H28N2O6/c1-27(13-22(28)29)23(30)25(11-6-12-32-16-25)15-26-24(31)33-14-21-19-9-4-2-7-17(19)18-8-3-5-10-20(18)21/h2-5,7-10,21H,6,11-16H2,1H3,(H,26,31)(H,28,29). The molecule has 8 nitrogen and oxygen atoms in total. The molecular weight excluding hydrogens is 424 g/mol. The summed E-state index contributed by atoms with van der Waals surface area (Å²) in [5.74, 6) is -1.51. The second-order valence-electron chi connectivity index (χ2n) is 8.67. The van der Waals surface area contributed by atoms with E-state index in [2.05, 4.69) is 17.4 Å². The lowest BCUT2D eigenvalue weighted by Gasteiger charge is -2.38. The van der Waals surface area contributed by atoms with E-state index in [1.54, 1.807) is 0 Å². The predicted octanol–water partition coefficient (Wildman–Crippen LogP) is 2.86. The lowest BCUT2D eigenvalue weighted by molar-refractivity contribution is -0.153. The van der Waals surface area contributed by atoms with Crippen LogP contribution < -0.4 is 5.32 Å². The Morgan fingerprint density at radius 1 is 1.12 bits per heavy atom. The number of carboxylic acids is 1. The van der Waals surface area contributed by atoms with Gasteiger partial charge in [-0.2, -0.15) is 0 Å². The van der Waals surface area contributed by atoms with Gasteiger partial charge in [-0.25, -0.2) is 4.79 Å². The number of hydrogen-bond donors (Lipinski definition) is 2. The molecular formula is C25H28N2O6. The van der Waals surface area contributed by atoms with Crippen LogP contribution in [0.4, 0.5) is 4.79 Å². The lowest BCUT2D eigenvalue weighted by atomic mass is 9.81. The van der Waals surface area contributed by atoms with Gasteiger partial charge >= 0.3 is 12.1 Å². The van der Waals surface area contributed by atoms with Crippen LogP contribution in [-0.2, 0) is 19.1 Å². The number of likely N-dealkylation sites (N-methyl/N-ethyl adjacent to an activating group) is 1. The van der Waals surface area contributed by atoms with E-state index in [0.29, 0.717) is 19.4 Å². The van der Waals surface area contributed by atoms with Gasteiger partial charge in [-0.3, -0.25) is 9.59 Å². The van der Waals surface area contributed by atoms with Gasteiger partial charge < -0.3 is 24.8 Å². The van der Waals surface area contributed by atoms with E-state index in [-0.39, 0.29) is 31.6 Å². The second kappa shape index (κ2) is 9.62. The van der Waals surface area contributed by atoms with Gasteiger partial charge in [-0.1, -0.05) is 48.5 Å². The third kappa shape index (κ3) is 4.71. The summed E-state index contributed by atoms with van der Waals surface area (Å²) in [7, 11) is 1.44. The fourth-order valence-electron chi connectivity index (χ4n) is 4.81. The summed E-state index contributed by atoms with van der Waals surface area (Å²) in [5.41, 5.74) is 3.52. The number of hydrogen-bond acceptors (Lipinski definition) is 5. The van der Waals surface area contributed by atoms with Gasteiger partial charge in [0, 0.05) is 26.1 Å². The molecule has 1 saturated heterocycles. The molecule has 1 aliphatic carbocycles. The highest BCUT2D eigenvalue weighted by Crippen LogP contribution is 2.44. The van der Waals surface area contributed by atoms with Gasteiger partial charge in [-0.15, -0.1) is 0 Å². The molecule has 1 heterocycles. The molecule has 0 saturated carbocycles. The molecule has 2 N–H and O–H groups in total. The van der Waals surface area contributed by atoms with E-state index in [1.807, 2.05) is 36.4 Å². The van der Waals surface area contributed by atoms with Crippen molar-refractivity contribution >= 4 is 18.0 Å². The van der Waals surface area contributed by atoms with E-state index >= 15 is 0 Å². The highest BCUT2D eigenvalue weighted by atomic mass is 16.5. The van der Waals surface area contributed by atoms with Crippen LogP contribution >= 0.6 is 0 Å². The zero-order chi connectivity index (χ0) is 23.4. The molecule has 8 heteroatoms. The van der Waals surface area contributed by atoms with Gasteiger partial charge in [-0.05, 0) is 35.1 Å². The summed E-state index contributed by atoms with van der Waals surface area (Å²) in [6.07, 6.45) is 0.536. The molecule has 1 fully saturated rings. The molecule has 0 spiro atoms. The lowest BCUT2D eigenvalue weighted by Crippen LogP contribution is -2.54. The molecule has 2 aliphatic rings. The molecule has 4 rings (SSSR count). The summed E-state index contributed by atoms with van der Waals surface area (Å²) in [6, 6.07) is 16.2. The SMILES string of the molecule is CN(CC(=O)O)C(=O)C1(CNC(=O)OCC2c3ccccc3-c3ccccc32)CCCOC1. The first kappa shape index (κ1) is 22.8. The van der Waals surface area contributed by atoms with Crippen molar-refractivity contribution in [2.75, 3.05) is 40.0 Å². The van der Waals surface area contributed by atoms with Crippen molar-refractivity contribution in [3.63, 3.8) is 0 Å². The fourth-order valence-corrected chi connectivity index (χ4v) is 4.81. The summed E-state index contributed by atoms with van der Waals surface area (Å²) in [5, 5.41) is 11.7.